The van der Waals surface area contributed by atoms with E-state index in [-0.39, 0.29) is 24.4 Å². The number of hydrogen-bond donors (Lipinski definition) is 1. The van der Waals surface area contributed by atoms with Gasteiger partial charge in [0.1, 0.15) is 5.75 Å². The Morgan fingerprint density at radius 2 is 1.90 bits per heavy atom. The largest absolute Gasteiger partial charge is 0.493 e. The van der Waals surface area contributed by atoms with Gasteiger partial charge >= 0.3 is 12.2 Å². The number of benzene rings is 2. The minimum Gasteiger partial charge on any atom is -0.493 e. The number of halogens is 3. The number of carbonyl (C=O) groups is 1. The molecule has 1 aliphatic rings. The zero-order chi connectivity index (χ0) is 22.4. The molecule has 1 atom stereocenters. The van der Waals surface area contributed by atoms with Crippen LogP contribution in [0.1, 0.15) is 30.0 Å². The molecular formula is C22H25F3N2O4. The van der Waals surface area contributed by atoms with Gasteiger partial charge in [-0.1, -0.05) is 18.2 Å². The summed E-state index contributed by atoms with van der Waals surface area (Å²) < 4.78 is 52.4. The van der Waals surface area contributed by atoms with Gasteiger partial charge in [-0.05, 0) is 48.2 Å². The smallest absolute Gasteiger partial charge is 0.422 e. The molecule has 1 unspecified atom stereocenters. The maximum atomic E-state index is 12.8. The van der Waals surface area contributed by atoms with Gasteiger partial charge < -0.3 is 24.4 Å². The van der Waals surface area contributed by atoms with E-state index in [4.69, 9.17) is 14.2 Å². The number of methoxy groups -OCH3 is 2. The van der Waals surface area contributed by atoms with Crippen molar-refractivity contribution >= 4 is 6.03 Å². The highest BCUT2D eigenvalue weighted by atomic mass is 19.4. The number of nitrogens with one attached hydrogen (secondary N) is 1. The molecule has 1 N–H and O–H groups in total. The second-order valence-electron chi connectivity index (χ2n) is 7.18. The van der Waals surface area contributed by atoms with E-state index in [9.17, 15) is 18.0 Å². The van der Waals surface area contributed by atoms with Crippen molar-refractivity contribution in [2.75, 3.05) is 27.4 Å². The predicted octanol–water partition coefficient (Wildman–Crippen LogP) is 4.69. The first-order valence-corrected chi connectivity index (χ1v) is 9.85. The number of nitrogens with zero attached hydrogens (tertiary/aromatic N) is 1. The van der Waals surface area contributed by atoms with Crippen molar-refractivity contribution in [3.05, 3.63) is 53.6 Å². The molecule has 1 saturated heterocycles. The third-order valence-corrected chi connectivity index (χ3v) is 5.05. The highest BCUT2D eigenvalue weighted by Gasteiger charge is 2.31. The molecule has 6 nitrogen and oxygen atoms in total. The summed E-state index contributed by atoms with van der Waals surface area (Å²) in [4.78, 5) is 14.6. The number of amides is 2. The second-order valence-corrected chi connectivity index (χ2v) is 7.18. The van der Waals surface area contributed by atoms with Crippen LogP contribution in [0.3, 0.4) is 0 Å². The summed E-state index contributed by atoms with van der Waals surface area (Å²) in [5, 5.41) is 2.84. The number of urea groups is 1. The minimum absolute atomic E-state index is 0.0961. The van der Waals surface area contributed by atoms with Crippen LogP contribution in [0, 0.1) is 0 Å². The van der Waals surface area contributed by atoms with E-state index >= 15 is 0 Å². The molecule has 9 heteroatoms. The zero-order valence-electron chi connectivity index (χ0n) is 17.4. The van der Waals surface area contributed by atoms with E-state index in [0.717, 1.165) is 18.4 Å². The third kappa shape index (κ3) is 5.96. The van der Waals surface area contributed by atoms with Crippen molar-refractivity contribution in [1.29, 1.82) is 0 Å². The second kappa shape index (κ2) is 9.80. The Hall–Kier alpha value is -3.10. The molecule has 2 aromatic rings. The Balaban J connectivity index is 1.63. The summed E-state index contributed by atoms with van der Waals surface area (Å²) in [6, 6.07) is 11.5. The fraction of sp³-hybridized carbons (Fsp3) is 0.409. The molecule has 168 valence electrons. The maximum Gasteiger partial charge on any atom is 0.422 e. The van der Waals surface area contributed by atoms with Crippen LogP contribution in [0.2, 0.25) is 0 Å². The lowest BCUT2D eigenvalue weighted by molar-refractivity contribution is -0.153. The Labute approximate surface area is 178 Å². The molecular weight excluding hydrogens is 413 g/mol. The van der Waals surface area contributed by atoms with Crippen LogP contribution in [0.5, 0.6) is 17.2 Å². The van der Waals surface area contributed by atoms with Gasteiger partial charge in [0.15, 0.2) is 18.1 Å². The summed E-state index contributed by atoms with van der Waals surface area (Å²) in [6.07, 6.45) is -2.71. The van der Waals surface area contributed by atoms with Gasteiger partial charge in [-0.15, -0.1) is 0 Å². The summed E-state index contributed by atoms with van der Waals surface area (Å²) in [7, 11) is 3.13. The standard InChI is InChI=1S/C22H25F3N2O4/c1-29-19-9-8-16(12-20(19)30-2)18-7-4-10-27(18)21(28)26-13-15-5-3-6-17(11-15)31-14-22(23,24)25/h3,5-6,8-9,11-12,18H,4,7,10,13-14H2,1-2H3,(H,26,28). The van der Waals surface area contributed by atoms with Gasteiger partial charge in [0.05, 0.1) is 20.3 Å². The van der Waals surface area contributed by atoms with E-state index in [1.54, 1.807) is 31.3 Å². The van der Waals surface area contributed by atoms with E-state index in [1.165, 1.54) is 12.1 Å². The van der Waals surface area contributed by atoms with Crippen LogP contribution < -0.4 is 19.5 Å². The van der Waals surface area contributed by atoms with Crippen LogP contribution in [-0.4, -0.2) is 44.5 Å². The van der Waals surface area contributed by atoms with Crippen molar-refractivity contribution < 1.29 is 32.2 Å². The molecule has 1 aliphatic heterocycles. The molecule has 0 radical (unpaired) electrons. The number of hydrogen-bond acceptors (Lipinski definition) is 4. The number of ether oxygens (including phenoxy) is 3. The first kappa shape index (κ1) is 22.6. The zero-order valence-corrected chi connectivity index (χ0v) is 17.4. The third-order valence-electron chi connectivity index (χ3n) is 5.05. The predicted molar refractivity (Wildman–Crippen MR) is 108 cm³/mol. The van der Waals surface area contributed by atoms with E-state index in [1.807, 2.05) is 18.2 Å². The summed E-state index contributed by atoms with van der Waals surface area (Å²) in [6.45, 7) is -0.569. The highest BCUT2D eigenvalue weighted by Crippen LogP contribution is 2.36. The van der Waals surface area contributed by atoms with Crippen LogP contribution >= 0.6 is 0 Å². The molecule has 2 aromatic carbocycles. The van der Waals surface area contributed by atoms with Gasteiger partial charge in [-0.3, -0.25) is 0 Å². The summed E-state index contributed by atoms with van der Waals surface area (Å²) in [5.41, 5.74) is 1.60. The van der Waals surface area contributed by atoms with Gasteiger partial charge in [0.2, 0.25) is 0 Å². The summed E-state index contributed by atoms with van der Waals surface area (Å²) in [5.74, 6) is 1.32. The fourth-order valence-corrected chi connectivity index (χ4v) is 3.61. The van der Waals surface area contributed by atoms with Gasteiger partial charge in [0.25, 0.3) is 0 Å². The maximum absolute atomic E-state index is 12.8. The first-order chi connectivity index (χ1) is 14.8. The molecule has 1 fully saturated rings. The van der Waals surface area contributed by atoms with Gasteiger partial charge in [0, 0.05) is 13.1 Å². The number of rotatable bonds is 7. The van der Waals surface area contributed by atoms with Crippen LogP contribution in [0.4, 0.5) is 18.0 Å². The SMILES string of the molecule is COc1ccc(C2CCCN2C(=O)NCc2cccc(OCC(F)(F)F)c2)cc1OC. The van der Waals surface area contributed by atoms with Crippen LogP contribution in [0.15, 0.2) is 42.5 Å². The van der Waals surface area contributed by atoms with E-state index in [0.29, 0.717) is 23.6 Å². The fourth-order valence-electron chi connectivity index (χ4n) is 3.61. The average Bonchev–Trinajstić information content (AvgIpc) is 3.25. The molecule has 0 bridgehead atoms. The quantitative estimate of drug-likeness (QED) is 0.681. The van der Waals surface area contributed by atoms with E-state index in [2.05, 4.69) is 5.32 Å². The molecule has 0 aromatic heterocycles. The number of likely N-dealkylation sites (tertiary alicyclic amines) is 1. The first-order valence-electron chi connectivity index (χ1n) is 9.85. The molecule has 3 rings (SSSR count). The van der Waals surface area contributed by atoms with Crippen molar-refractivity contribution in [3.8, 4) is 17.2 Å². The number of alkyl halides is 3. The Bertz CT molecular complexity index is 905. The van der Waals surface area contributed by atoms with Gasteiger partial charge in [-0.2, -0.15) is 13.2 Å². The van der Waals surface area contributed by atoms with Crippen molar-refractivity contribution in [2.24, 2.45) is 0 Å². The monoisotopic (exact) mass is 438 g/mol. The molecule has 2 amide bonds. The topological polar surface area (TPSA) is 60.0 Å². The average molecular weight is 438 g/mol. The lowest BCUT2D eigenvalue weighted by atomic mass is 10.0. The summed E-state index contributed by atoms with van der Waals surface area (Å²) >= 11 is 0. The van der Waals surface area contributed by atoms with Crippen molar-refractivity contribution in [3.63, 3.8) is 0 Å². The molecule has 0 aliphatic carbocycles. The lowest BCUT2D eigenvalue weighted by Gasteiger charge is -2.26. The van der Waals surface area contributed by atoms with Crippen LogP contribution in [-0.2, 0) is 6.54 Å². The molecule has 0 spiro atoms. The van der Waals surface area contributed by atoms with Gasteiger partial charge in [-0.25, -0.2) is 4.79 Å². The minimum atomic E-state index is -4.40. The molecule has 31 heavy (non-hydrogen) atoms. The Morgan fingerprint density at radius 1 is 1.13 bits per heavy atom. The molecule has 1 heterocycles. The Kier molecular flexibility index (Phi) is 7.14. The van der Waals surface area contributed by atoms with E-state index < -0.39 is 12.8 Å². The normalized spacial score (nSPS) is 16.2. The van der Waals surface area contributed by atoms with Crippen molar-refractivity contribution in [1.82, 2.24) is 10.2 Å². The number of carbonyl (C=O) groups excluding carboxylic acids is 1. The van der Waals surface area contributed by atoms with Crippen molar-refractivity contribution in [2.45, 2.75) is 31.6 Å². The van der Waals surface area contributed by atoms with Crippen LogP contribution in [0.25, 0.3) is 0 Å². The highest BCUT2D eigenvalue weighted by molar-refractivity contribution is 5.75. The Morgan fingerprint density at radius 3 is 2.61 bits per heavy atom. The lowest BCUT2D eigenvalue weighted by Crippen LogP contribution is -2.39. The molecule has 0 saturated carbocycles.